The number of fused-ring (bicyclic) bond motifs is 1. The van der Waals surface area contributed by atoms with Crippen LogP contribution in [0.25, 0.3) is 0 Å². The minimum atomic E-state index is 0.251. The zero-order chi connectivity index (χ0) is 15.7. The Morgan fingerprint density at radius 1 is 1.18 bits per heavy atom. The molecule has 3 aliphatic rings. The molecule has 1 amide bonds. The lowest BCUT2D eigenvalue weighted by atomic mass is 9.74. The summed E-state index contributed by atoms with van der Waals surface area (Å²) in [6.07, 6.45) is 6.00. The van der Waals surface area contributed by atoms with Gasteiger partial charge in [0.05, 0.1) is 0 Å². The van der Waals surface area contributed by atoms with Gasteiger partial charge in [0.2, 0.25) is 5.91 Å². The number of nitrogens with one attached hydrogen (secondary N) is 1. The molecule has 3 rings (SSSR count). The molecule has 4 nitrogen and oxygen atoms in total. The predicted octanol–water partition coefficient (Wildman–Crippen LogP) is 1.95. The lowest BCUT2D eigenvalue weighted by molar-refractivity contribution is -0.126. The topological polar surface area (TPSA) is 35.6 Å². The van der Waals surface area contributed by atoms with Gasteiger partial charge in [0.25, 0.3) is 0 Å². The van der Waals surface area contributed by atoms with Gasteiger partial charge in [-0.25, -0.2) is 0 Å². The van der Waals surface area contributed by atoms with Crippen LogP contribution in [0.1, 0.15) is 46.0 Å². The molecule has 5 unspecified atom stereocenters. The molecule has 5 atom stereocenters. The first-order chi connectivity index (χ1) is 10.6. The van der Waals surface area contributed by atoms with Gasteiger partial charge in [0, 0.05) is 31.1 Å². The molecule has 0 spiro atoms. The van der Waals surface area contributed by atoms with Crippen molar-refractivity contribution >= 4 is 5.91 Å². The van der Waals surface area contributed by atoms with Crippen molar-refractivity contribution in [3.05, 3.63) is 0 Å². The van der Waals surface area contributed by atoms with E-state index in [1.54, 1.807) is 0 Å². The van der Waals surface area contributed by atoms with Crippen molar-refractivity contribution in [2.24, 2.45) is 17.8 Å². The second kappa shape index (κ2) is 6.88. The summed E-state index contributed by atoms with van der Waals surface area (Å²) < 4.78 is 0. The van der Waals surface area contributed by atoms with Crippen molar-refractivity contribution in [2.75, 3.05) is 33.2 Å². The van der Waals surface area contributed by atoms with Crippen LogP contribution in [0.15, 0.2) is 0 Å². The van der Waals surface area contributed by atoms with Gasteiger partial charge in [0.1, 0.15) is 0 Å². The van der Waals surface area contributed by atoms with Gasteiger partial charge in [-0.1, -0.05) is 6.92 Å². The predicted molar refractivity (Wildman–Crippen MR) is 89.7 cm³/mol. The van der Waals surface area contributed by atoms with Crippen molar-refractivity contribution in [1.82, 2.24) is 15.1 Å². The second-order valence-corrected chi connectivity index (χ2v) is 7.85. The Morgan fingerprint density at radius 2 is 1.91 bits per heavy atom. The Morgan fingerprint density at radius 3 is 2.64 bits per heavy atom. The Hall–Kier alpha value is -0.610. The minimum Gasteiger partial charge on any atom is -0.355 e. The van der Waals surface area contributed by atoms with Gasteiger partial charge in [-0.3, -0.25) is 4.79 Å². The lowest BCUT2D eigenvalue weighted by Gasteiger charge is -2.34. The summed E-state index contributed by atoms with van der Waals surface area (Å²) in [6, 6.07) is 1.37. The van der Waals surface area contributed by atoms with Crippen LogP contribution in [0.2, 0.25) is 0 Å². The first-order valence-electron chi connectivity index (χ1n) is 9.30. The SMILES string of the molecule is CC1C2CC(C(=O)NCCN3CCCC3)CCC2N(C)C1C. The molecule has 0 aromatic rings. The third-order valence-corrected chi connectivity index (χ3v) is 6.76. The maximum Gasteiger partial charge on any atom is 0.223 e. The molecule has 2 aliphatic heterocycles. The van der Waals surface area contributed by atoms with E-state index in [1.807, 2.05) is 0 Å². The van der Waals surface area contributed by atoms with Gasteiger partial charge < -0.3 is 15.1 Å². The number of amides is 1. The van der Waals surface area contributed by atoms with E-state index in [2.05, 4.69) is 36.0 Å². The fourth-order valence-electron chi connectivity index (χ4n) is 5.02. The first kappa shape index (κ1) is 16.3. The van der Waals surface area contributed by atoms with Gasteiger partial charge >= 0.3 is 0 Å². The van der Waals surface area contributed by atoms with E-state index in [0.717, 1.165) is 31.8 Å². The average molecular weight is 307 g/mol. The molecule has 1 saturated carbocycles. The molecule has 22 heavy (non-hydrogen) atoms. The van der Waals surface area contributed by atoms with Crippen LogP contribution in [0.5, 0.6) is 0 Å². The van der Waals surface area contributed by atoms with E-state index in [1.165, 1.54) is 32.4 Å². The van der Waals surface area contributed by atoms with E-state index < -0.39 is 0 Å². The highest BCUT2D eigenvalue weighted by Gasteiger charge is 2.46. The molecule has 126 valence electrons. The molecule has 1 aliphatic carbocycles. The number of likely N-dealkylation sites (tertiary alicyclic amines) is 2. The van der Waals surface area contributed by atoms with Crippen LogP contribution >= 0.6 is 0 Å². The molecule has 3 fully saturated rings. The smallest absolute Gasteiger partial charge is 0.223 e. The summed E-state index contributed by atoms with van der Waals surface area (Å²) in [5.74, 6) is 1.99. The van der Waals surface area contributed by atoms with Gasteiger partial charge in [-0.2, -0.15) is 0 Å². The molecule has 0 radical (unpaired) electrons. The summed E-state index contributed by atoms with van der Waals surface area (Å²) >= 11 is 0. The maximum atomic E-state index is 12.5. The van der Waals surface area contributed by atoms with Crippen molar-refractivity contribution in [1.29, 1.82) is 0 Å². The Labute approximate surface area is 135 Å². The highest BCUT2D eigenvalue weighted by molar-refractivity contribution is 5.78. The maximum absolute atomic E-state index is 12.5. The van der Waals surface area contributed by atoms with Crippen LogP contribution in [-0.4, -0.2) is 61.0 Å². The normalized spacial score (nSPS) is 39.9. The number of hydrogen-bond acceptors (Lipinski definition) is 3. The monoisotopic (exact) mass is 307 g/mol. The third kappa shape index (κ3) is 3.18. The summed E-state index contributed by atoms with van der Waals surface area (Å²) in [5.41, 5.74) is 0. The number of hydrogen-bond donors (Lipinski definition) is 1. The van der Waals surface area contributed by atoms with Gasteiger partial charge in [0.15, 0.2) is 0 Å². The van der Waals surface area contributed by atoms with E-state index in [0.29, 0.717) is 23.9 Å². The first-order valence-corrected chi connectivity index (χ1v) is 9.30. The minimum absolute atomic E-state index is 0.251. The average Bonchev–Trinajstić information content (AvgIpc) is 3.11. The van der Waals surface area contributed by atoms with Crippen LogP contribution < -0.4 is 5.32 Å². The van der Waals surface area contributed by atoms with Gasteiger partial charge in [-0.05, 0) is 71.0 Å². The number of rotatable bonds is 4. The number of nitrogens with zero attached hydrogens (tertiary/aromatic N) is 2. The van der Waals surface area contributed by atoms with E-state index in [4.69, 9.17) is 0 Å². The quantitative estimate of drug-likeness (QED) is 0.862. The summed E-state index contributed by atoms with van der Waals surface area (Å²) in [4.78, 5) is 17.5. The van der Waals surface area contributed by atoms with Crippen LogP contribution in [0.4, 0.5) is 0 Å². The highest BCUT2D eigenvalue weighted by Crippen LogP contribution is 2.44. The fourth-order valence-corrected chi connectivity index (χ4v) is 5.02. The van der Waals surface area contributed by atoms with E-state index in [9.17, 15) is 4.79 Å². The van der Waals surface area contributed by atoms with Crippen LogP contribution in [0, 0.1) is 17.8 Å². The summed E-state index contributed by atoms with van der Waals surface area (Å²) in [6.45, 7) is 9.00. The standard InChI is InChI=1S/C18H33N3O/c1-13-14(2)20(3)17-7-6-15(12-16(13)17)18(22)19-8-11-21-9-4-5-10-21/h13-17H,4-12H2,1-3H3,(H,19,22). The zero-order valence-corrected chi connectivity index (χ0v) is 14.6. The van der Waals surface area contributed by atoms with Crippen LogP contribution in [0.3, 0.4) is 0 Å². The number of carbonyl (C=O) groups is 1. The Bertz CT molecular complexity index is 394. The molecule has 2 heterocycles. The van der Waals surface area contributed by atoms with Crippen molar-refractivity contribution < 1.29 is 4.79 Å². The largest absolute Gasteiger partial charge is 0.355 e. The molecule has 2 saturated heterocycles. The van der Waals surface area contributed by atoms with Crippen molar-refractivity contribution in [3.8, 4) is 0 Å². The molecule has 0 aromatic heterocycles. The molecular formula is C18H33N3O. The van der Waals surface area contributed by atoms with E-state index in [-0.39, 0.29) is 5.92 Å². The second-order valence-electron chi connectivity index (χ2n) is 7.85. The summed E-state index contributed by atoms with van der Waals surface area (Å²) in [7, 11) is 2.27. The fraction of sp³-hybridized carbons (Fsp3) is 0.944. The Kier molecular flexibility index (Phi) is 5.08. The van der Waals surface area contributed by atoms with Crippen molar-refractivity contribution in [3.63, 3.8) is 0 Å². The highest BCUT2D eigenvalue weighted by atomic mass is 16.1. The Balaban J connectivity index is 1.46. The number of carbonyl (C=O) groups excluding carboxylic acids is 1. The van der Waals surface area contributed by atoms with Gasteiger partial charge in [-0.15, -0.1) is 0 Å². The molecule has 0 bridgehead atoms. The molecule has 0 aromatic carbocycles. The molecule has 1 N–H and O–H groups in total. The zero-order valence-electron chi connectivity index (χ0n) is 14.6. The van der Waals surface area contributed by atoms with Crippen LogP contribution in [-0.2, 0) is 4.79 Å². The molecular weight excluding hydrogens is 274 g/mol. The van der Waals surface area contributed by atoms with E-state index >= 15 is 0 Å². The third-order valence-electron chi connectivity index (χ3n) is 6.76. The molecule has 4 heteroatoms. The lowest BCUT2D eigenvalue weighted by Crippen LogP contribution is -2.42. The summed E-state index contributed by atoms with van der Waals surface area (Å²) in [5, 5.41) is 3.20. The van der Waals surface area contributed by atoms with Crippen molar-refractivity contribution in [2.45, 2.75) is 58.0 Å².